The number of fused-ring (bicyclic) bond motifs is 1. The first-order chi connectivity index (χ1) is 4.86. The highest BCUT2D eigenvalue weighted by molar-refractivity contribution is 5.61. The van der Waals surface area contributed by atoms with Crippen molar-refractivity contribution >= 4 is 6.08 Å². The lowest BCUT2D eigenvalue weighted by molar-refractivity contribution is 0.997. The smallest absolute Gasteiger partial charge is 0.0571 e. The van der Waals surface area contributed by atoms with Gasteiger partial charge in [-0.05, 0) is 24.5 Å². The second kappa shape index (κ2) is 1.90. The second-order valence-corrected chi connectivity index (χ2v) is 2.64. The molecule has 10 heavy (non-hydrogen) atoms. The van der Waals surface area contributed by atoms with Crippen LogP contribution in [0.2, 0.25) is 0 Å². The molecule has 2 rings (SSSR count). The molecule has 1 aliphatic carbocycles. The molecule has 0 aromatic carbocycles. The first-order valence-electron chi connectivity index (χ1n) is 3.33. The molecule has 0 saturated carbocycles. The van der Waals surface area contributed by atoms with Gasteiger partial charge in [-0.3, -0.25) is 0 Å². The number of rotatable bonds is 0. The van der Waals surface area contributed by atoms with Gasteiger partial charge in [0.15, 0.2) is 0 Å². The summed E-state index contributed by atoms with van der Waals surface area (Å²) in [6, 6.07) is 0. The van der Waals surface area contributed by atoms with Crippen LogP contribution in [0, 0.1) is 0 Å². The van der Waals surface area contributed by atoms with Crippen molar-refractivity contribution in [1.82, 2.24) is 10.2 Å². The summed E-state index contributed by atoms with van der Waals surface area (Å²) in [6.45, 7) is 2.12. The molecule has 0 aliphatic heterocycles. The summed E-state index contributed by atoms with van der Waals surface area (Å²) in [6.07, 6.45) is 6.85. The lowest BCUT2D eigenvalue weighted by Crippen LogP contribution is -1.86. The molecule has 0 unspecified atom stereocenters. The SMILES string of the molecule is CC1=Cc2cnncc2C1. The predicted molar refractivity (Wildman–Crippen MR) is 39.4 cm³/mol. The Morgan fingerprint density at radius 3 is 2.90 bits per heavy atom. The summed E-state index contributed by atoms with van der Waals surface area (Å²) in [7, 11) is 0. The van der Waals surface area contributed by atoms with E-state index in [0.717, 1.165) is 6.42 Å². The van der Waals surface area contributed by atoms with Gasteiger partial charge in [-0.2, -0.15) is 10.2 Å². The highest BCUT2D eigenvalue weighted by atomic mass is 15.1. The number of allylic oxidation sites excluding steroid dienone is 1. The molecule has 0 spiro atoms. The first-order valence-corrected chi connectivity index (χ1v) is 3.33. The minimum atomic E-state index is 1.05. The van der Waals surface area contributed by atoms with Gasteiger partial charge in [0.2, 0.25) is 0 Å². The first kappa shape index (κ1) is 5.59. The van der Waals surface area contributed by atoms with Crippen LogP contribution in [0.5, 0.6) is 0 Å². The van der Waals surface area contributed by atoms with Gasteiger partial charge >= 0.3 is 0 Å². The van der Waals surface area contributed by atoms with Gasteiger partial charge in [-0.15, -0.1) is 0 Å². The molecule has 2 heteroatoms. The lowest BCUT2D eigenvalue weighted by Gasteiger charge is -1.92. The average molecular weight is 132 g/mol. The maximum atomic E-state index is 3.81. The van der Waals surface area contributed by atoms with Crippen LogP contribution < -0.4 is 0 Å². The molecule has 0 bridgehead atoms. The van der Waals surface area contributed by atoms with Crippen LogP contribution in [-0.4, -0.2) is 10.2 Å². The zero-order valence-corrected chi connectivity index (χ0v) is 5.83. The van der Waals surface area contributed by atoms with Gasteiger partial charge in [0.05, 0.1) is 12.4 Å². The third kappa shape index (κ3) is 0.727. The third-order valence-electron chi connectivity index (χ3n) is 1.72. The van der Waals surface area contributed by atoms with Gasteiger partial charge in [0, 0.05) is 0 Å². The molecule has 0 fully saturated rings. The fourth-order valence-electron chi connectivity index (χ4n) is 1.25. The Morgan fingerprint density at radius 1 is 1.30 bits per heavy atom. The van der Waals surface area contributed by atoms with Gasteiger partial charge in [-0.25, -0.2) is 0 Å². The highest BCUT2D eigenvalue weighted by Crippen LogP contribution is 2.21. The van der Waals surface area contributed by atoms with E-state index in [1.807, 2.05) is 12.4 Å². The molecule has 50 valence electrons. The minimum Gasteiger partial charge on any atom is -0.159 e. The number of nitrogens with zero attached hydrogens (tertiary/aromatic N) is 2. The summed E-state index contributed by atoms with van der Waals surface area (Å²) < 4.78 is 0. The van der Waals surface area contributed by atoms with Crippen molar-refractivity contribution in [3.63, 3.8) is 0 Å². The summed E-state index contributed by atoms with van der Waals surface area (Å²) in [5.74, 6) is 0. The molecule has 0 N–H and O–H groups in total. The van der Waals surface area contributed by atoms with Crippen molar-refractivity contribution in [3.05, 3.63) is 29.1 Å². The Morgan fingerprint density at radius 2 is 2.10 bits per heavy atom. The lowest BCUT2D eigenvalue weighted by atomic mass is 10.2. The minimum absolute atomic E-state index is 1.05. The largest absolute Gasteiger partial charge is 0.159 e. The molecule has 1 heterocycles. The van der Waals surface area contributed by atoms with Crippen LogP contribution in [0.25, 0.3) is 6.08 Å². The van der Waals surface area contributed by atoms with Crippen LogP contribution in [-0.2, 0) is 6.42 Å². The van der Waals surface area contributed by atoms with E-state index in [9.17, 15) is 0 Å². The maximum Gasteiger partial charge on any atom is 0.0571 e. The van der Waals surface area contributed by atoms with Crippen LogP contribution in [0.4, 0.5) is 0 Å². The zero-order valence-electron chi connectivity index (χ0n) is 5.83. The van der Waals surface area contributed by atoms with E-state index >= 15 is 0 Å². The average Bonchev–Trinajstić information content (AvgIpc) is 2.27. The van der Waals surface area contributed by atoms with E-state index < -0.39 is 0 Å². The Balaban J connectivity index is 2.54. The Kier molecular flexibility index (Phi) is 1.07. The van der Waals surface area contributed by atoms with E-state index in [0.29, 0.717) is 0 Å². The topological polar surface area (TPSA) is 25.8 Å². The summed E-state index contributed by atoms with van der Waals surface area (Å²) in [4.78, 5) is 0. The van der Waals surface area contributed by atoms with Crippen molar-refractivity contribution in [3.8, 4) is 0 Å². The van der Waals surface area contributed by atoms with Crippen LogP contribution in [0.3, 0.4) is 0 Å². The van der Waals surface area contributed by atoms with E-state index in [1.165, 1.54) is 16.7 Å². The maximum absolute atomic E-state index is 3.81. The molecule has 0 radical (unpaired) electrons. The van der Waals surface area contributed by atoms with Crippen LogP contribution in [0.1, 0.15) is 18.1 Å². The Bertz CT molecular complexity index is 289. The summed E-state index contributed by atoms with van der Waals surface area (Å²) in [5.41, 5.74) is 3.92. The summed E-state index contributed by atoms with van der Waals surface area (Å²) in [5, 5.41) is 7.60. The molecule has 2 nitrogen and oxygen atoms in total. The van der Waals surface area contributed by atoms with E-state index in [1.54, 1.807) is 0 Å². The van der Waals surface area contributed by atoms with Gasteiger partial charge < -0.3 is 0 Å². The number of hydrogen-bond acceptors (Lipinski definition) is 2. The molecule has 1 aliphatic rings. The monoisotopic (exact) mass is 132 g/mol. The highest BCUT2D eigenvalue weighted by Gasteiger charge is 2.08. The second-order valence-electron chi connectivity index (χ2n) is 2.64. The fourth-order valence-corrected chi connectivity index (χ4v) is 1.25. The molecule has 1 aromatic heterocycles. The standard InChI is InChI=1S/C8H8N2/c1-6-2-7-4-9-10-5-8(7)3-6/h2,4-5H,3H2,1H3. The number of hydrogen-bond donors (Lipinski definition) is 0. The van der Waals surface area contributed by atoms with E-state index in [2.05, 4.69) is 23.2 Å². The third-order valence-corrected chi connectivity index (χ3v) is 1.72. The van der Waals surface area contributed by atoms with Gasteiger partial charge in [0.25, 0.3) is 0 Å². The Hall–Kier alpha value is -1.18. The van der Waals surface area contributed by atoms with Crippen LogP contribution >= 0.6 is 0 Å². The molecule has 0 amide bonds. The van der Waals surface area contributed by atoms with E-state index in [4.69, 9.17) is 0 Å². The van der Waals surface area contributed by atoms with E-state index in [-0.39, 0.29) is 0 Å². The van der Waals surface area contributed by atoms with Crippen LogP contribution in [0.15, 0.2) is 18.0 Å². The molecular weight excluding hydrogens is 124 g/mol. The van der Waals surface area contributed by atoms with Crippen molar-refractivity contribution in [2.45, 2.75) is 13.3 Å². The van der Waals surface area contributed by atoms with Crippen molar-refractivity contribution in [2.24, 2.45) is 0 Å². The quantitative estimate of drug-likeness (QED) is 0.533. The van der Waals surface area contributed by atoms with Gasteiger partial charge in [0.1, 0.15) is 0 Å². The number of aromatic nitrogens is 2. The van der Waals surface area contributed by atoms with Crippen molar-refractivity contribution in [2.75, 3.05) is 0 Å². The Labute approximate surface area is 59.6 Å². The summed E-state index contributed by atoms with van der Waals surface area (Å²) >= 11 is 0. The zero-order chi connectivity index (χ0) is 6.97. The van der Waals surface area contributed by atoms with Crippen molar-refractivity contribution < 1.29 is 0 Å². The predicted octanol–water partition coefficient (Wildman–Crippen LogP) is 1.44. The molecular formula is C8H8N2. The molecule has 0 atom stereocenters. The van der Waals surface area contributed by atoms with Crippen molar-refractivity contribution in [1.29, 1.82) is 0 Å². The molecule has 0 saturated heterocycles. The molecule has 1 aromatic rings. The fraction of sp³-hybridized carbons (Fsp3) is 0.250. The normalized spacial score (nSPS) is 14.7. The van der Waals surface area contributed by atoms with Gasteiger partial charge in [-0.1, -0.05) is 11.6 Å².